The summed E-state index contributed by atoms with van der Waals surface area (Å²) in [6, 6.07) is 3.63. The first-order valence-corrected chi connectivity index (χ1v) is 8.64. The standard InChI is InChI=1S/C13H22N4O2S2/c1-3-16(4-2)21(18,19)17(9-7-13(14)20)11-12-6-5-8-15-10-12/h5-6,8,10H,3-4,7,9,11H2,1-2H3,(H2,14,20). The van der Waals surface area contributed by atoms with Gasteiger partial charge in [-0.3, -0.25) is 4.98 Å². The largest absolute Gasteiger partial charge is 0.393 e. The Morgan fingerprint density at radius 3 is 2.48 bits per heavy atom. The van der Waals surface area contributed by atoms with Crippen LogP contribution in [0.15, 0.2) is 24.5 Å². The fraction of sp³-hybridized carbons (Fsp3) is 0.538. The third-order valence-corrected chi connectivity index (χ3v) is 5.38. The molecule has 0 bridgehead atoms. The van der Waals surface area contributed by atoms with Gasteiger partial charge in [0, 0.05) is 45.0 Å². The first-order valence-electron chi connectivity index (χ1n) is 6.84. The van der Waals surface area contributed by atoms with E-state index in [1.807, 2.05) is 19.9 Å². The fourth-order valence-corrected chi connectivity index (χ4v) is 3.62. The lowest BCUT2D eigenvalue weighted by molar-refractivity contribution is 0.348. The molecule has 0 saturated heterocycles. The van der Waals surface area contributed by atoms with E-state index in [0.29, 0.717) is 24.5 Å². The molecule has 0 aliphatic heterocycles. The van der Waals surface area contributed by atoms with Gasteiger partial charge in [-0.05, 0) is 11.6 Å². The molecule has 21 heavy (non-hydrogen) atoms. The Balaban J connectivity index is 2.98. The zero-order valence-electron chi connectivity index (χ0n) is 12.4. The second-order valence-electron chi connectivity index (χ2n) is 4.50. The summed E-state index contributed by atoms with van der Waals surface area (Å²) in [6.07, 6.45) is 3.67. The Hall–Kier alpha value is -1.09. The van der Waals surface area contributed by atoms with Gasteiger partial charge in [0.25, 0.3) is 10.2 Å². The number of thiocarbonyl (C=S) groups is 1. The van der Waals surface area contributed by atoms with E-state index in [1.54, 1.807) is 18.5 Å². The lowest BCUT2D eigenvalue weighted by Crippen LogP contribution is -2.44. The number of nitrogens with zero attached hydrogens (tertiary/aromatic N) is 3. The Bertz CT molecular complexity index is 545. The van der Waals surface area contributed by atoms with Gasteiger partial charge in [0.15, 0.2) is 0 Å². The zero-order valence-corrected chi connectivity index (χ0v) is 14.0. The molecule has 0 spiro atoms. The number of nitrogens with two attached hydrogens (primary N) is 1. The van der Waals surface area contributed by atoms with Gasteiger partial charge < -0.3 is 5.73 Å². The van der Waals surface area contributed by atoms with E-state index in [1.165, 1.54) is 8.61 Å². The van der Waals surface area contributed by atoms with Gasteiger partial charge in [-0.2, -0.15) is 17.0 Å². The second kappa shape index (κ2) is 8.38. The molecule has 0 fully saturated rings. The first-order chi connectivity index (χ1) is 9.91. The van der Waals surface area contributed by atoms with Crippen LogP contribution in [0.3, 0.4) is 0 Å². The number of pyridine rings is 1. The highest BCUT2D eigenvalue weighted by atomic mass is 32.2. The van der Waals surface area contributed by atoms with Gasteiger partial charge >= 0.3 is 0 Å². The van der Waals surface area contributed by atoms with Crippen molar-refractivity contribution in [3.05, 3.63) is 30.1 Å². The highest BCUT2D eigenvalue weighted by molar-refractivity contribution is 7.86. The molecular formula is C13H22N4O2S2. The van der Waals surface area contributed by atoms with Gasteiger partial charge in [-0.1, -0.05) is 32.1 Å². The van der Waals surface area contributed by atoms with Crippen molar-refractivity contribution in [2.24, 2.45) is 5.73 Å². The summed E-state index contributed by atoms with van der Waals surface area (Å²) in [5.41, 5.74) is 6.33. The average Bonchev–Trinajstić information content (AvgIpc) is 2.45. The van der Waals surface area contributed by atoms with E-state index >= 15 is 0 Å². The van der Waals surface area contributed by atoms with Crippen molar-refractivity contribution in [3.8, 4) is 0 Å². The topological polar surface area (TPSA) is 79.5 Å². The molecule has 1 rings (SSSR count). The van der Waals surface area contributed by atoms with Gasteiger partial charge in [0.05, 0.1) is 4.99 Å². The summed E-state index contributed by atoms with van der Waals surface area (Å²) >= 11 is 4.85. The van der Waals surface area contributed by atoms with Crippen LogP contribution in [-0.2, 0) is 16.8 Å². The number of hydrogen-bond acceptors (Lipinski definition) is 4. The molecule has 2 N–H and O–H groups in total. The SMILES string of the molecule is CCN(CC)S(=O)(=O)N(CCC(N)=S)Cc1cccnc1. The van der Waals surface area contributed by atoms with Crippen LogP contribution in [0, 0.1) is 0 Å². The average molecular weight is 330 g/mol. The molecule has 8 heteroatoms. The maximum atomic E-state index is 12.7. The molecule has 0 aliphatic rings. The summed E-state index contributed by atoms with van der Waals surface area (Å²) < 4.78 is 28.1. The maximum absolute atomic E-state index is 12.7. The van der Waals surface area contributed by atoms with Gasteiger partial charge in [0.1, 0.15) is 0 Å². The highest BCUT2D eigenvalue weighted by Crippen LogP contribution is 2.13. The third-order valence-electron chi connectivity index (χ3n) is 3.05. The van der Waals surface area contributed by atoms with Gasteiger partial charge in [-0.25, -0.2) is 0 Å². The molecule has 1 aromatic rings. The van der Waals surface area contributed by atoms with Crippen LogP contribution in [0.5, 0.6) is 0 Å². The normalized spacial score (nSPS) is 12.0. The summed E-state index contributed by atoms with van der Waals surface area (Å²) in [4.78, 5) is 4.32. The minimum absolute atomic E-state index is 0.259. The van der Waals surface area contributed by atoms with Crippen molar-refractivity contribution in [1.29, 1.82) is 0 Å². The van der Waals surface area contributed by atoms with E-state index in [-0.39, 0.29) is 13.1 Å². The fourth-order valence-electron chi connectivity index (χ4n) is 1.92. The Labute approximate surface area is 132 Å². The van der Waals surface area contributed by atoms with Crippen molar-refractivity contribution in [3.63, 3.8) is 0 Å². The quantitative estimate of drug-likeness (QED) is 0.687. The van der Waals surface area contributed by atoms with Crippen LogP contribution in [0.4, 0.5) is 0 Å². The van der Waals surface area contributed by atoms with Crippen LogP contribution in [-0.4, -0.2) is 46.6 Å². The molecule has 0 aliphatic carbocycles. The van der Waals surface area contributed by atoms with Gasteiger partial charge in [-0.15, -0.1) is 0 Å². The summed E-state index contributed by atoms with van der Waals surface area (Å²) in [5.74, 6) is 0. The van der Waals surface area contributed by atoms with Crippen molar-refractivity contribution in [2.45, 2.75) is 26.8 Å². The van der Waals surface area contributed by atoms with E-state index in [2.05, 4.69) is 4.98 Å². The highest BCUT2D eigenvalue weighted by Gasteiger charge is 2.27. The second-order valence-corrected chi connectivity index (χ2v) is 6.96. The van der Waals surface area contributed by atoms with Crippen LogP contribution in [0.1, 0.15) is 25.8 Å². The number of rotatable bonds is 9. The Morgan fingerprint density at radius 1 is 1.33 bits per heavy atom. The molecule has 0 saturated carbocycles. The summed E-state index contributed by atoms with van der Waals surface area (Å²) in [7, 11) is -3.53. The van der Waals surface area contributed by atoms with E-state index < -0.39 is 10.2 Å². The number of aromatic nitrogens is 1. The molecule has 0 unspecified atom stereocenters. The minimum atomic E-state index is -3.53. The Morgan fingerprint density at radius 2 is 2.00 bits per heavy atom. The monoisotopic (exact) mass is 330 g/mol. The van der Waals surface area contributed by atoms with Crippen LogP contribution in [0.2, 0.25) is 0 Å². The van der Waals surface area contributed by atoms with Crippen LogP contribution < -0.4 is 5.73 Å². The smallest absolute Gasteiger partial charge is 0.282 e. The summed E-state index contributed by atoms with van der Waals surface area (Å²) in [6.45, 7) is 5.01. The van der Waals surface area contributed by atoms with Crippen molar-refractivity contribution in [1.82, 2.24) is 13.6 Å². The predicted molar refractivity (Wildman–Crippen MR) is 87.9 cm³/mol. The van der Waals surface area contributed by atoms with E-state index in [0.717, 1.165) is 5.56 Å². The minimum Gasteiger partial charge on any atom is -0.393 e. The zero-order chi connectivity index (χ0) is 15.9. The Kier molecular flexibility index (Phi) is 7.16. The van der Waals surface area contributed by atoms with Gasteiger partial charge in [0.2, 0.25) is 0 Å². The molecule has 0 atom stereocenters. The molecule has 1 heterocycles. The molecular weight excluding hydrogens is 308 g/mol. The lowest BCUT2D eigenvalue weighted by atomic mass is 10.3. The molecule has 118 valence electrons. The third kappa shape index (κ3) is 5.31. The van der Waals surface area contributed by atoms with Crippen molar-refractivity contribution >= 4 is 27.4 Å². The molecule has 1 aromatic heterocycles. The molecule has 0 amide bonds. The predicted octanol–water partition coefficient (Wildman–Crippen LogP) is 1.15. The first kappa shape index (κ1) is 18.0. The molecule has 0 aromatic carbocycles. The summed E-state index contributed by atoms with van der Waals surface area (Å²) in [5, 5.41) is 0. The van der Waals surface area contributed by atoms with E-state index in [4.69, 9.17) is 18.0 Å². The van der Waals surface area contributed by atoms with E-state index in [9.17, 15) is 8.42 Å². The van der Waals surface area contributed by atoms with Crippen LogP contribution in [0.25, 0.3) is 0 Å². The van der Waals surface area contributed by atoms with Crippen molar-refractivity contribution in [2.75, 3.05) is 19.6 Å². The van der Waals surface area contributed by atoms with Crippen LogP contribution >= 0.6 is 12.2 Å². The van der Waals surface area contributed by atoms with Crippen molar-refractivity contribution < 1.29 is 8.42 Å². The molecule has 0 radical (unpaired) electrons. The maximum Gasteiger partial charge on any atom is 0.282 e. The molecule has 6 nitrogen and oxygen atoms in total. The lowest BCUT2D eigenvalue weighted by Gasteiger charge is -2.28. The number of hydrogen-bond donors (Lipinski definition) is 1.